The van der Waals surface area contributed by atoms with Crippen molar-refractivity contribution in [1.82, 2.24) is 25.4 Å². The van der Waals surface area contributed by atoms with Crippen LogP contribution in [0.1, 0.15) is 22.9 Å². The average Bonchev–Trinajstić information content (AvgIpc) is 3.40. The summed E-state index contributed by atoms with van der Waals surface area (Å²) in [6.45, 7) is 0. The molecule has 184 valence electrons. The third kappa shape index (κ3) is 4.72. The maximum Gasteiger partial charge on any atom is 0.249 e. The lowest BCUT2D eigenvalue weighted by molar-refractivity contribution is 0.480. The second-order valence-corrected chi connectivity index (χ2v) is 8.18. The minimum Gasteiger partial charge on any atom is -0.373 e. The summed E-state index contributed by atoms with van der Waals surface area (Å²) in [5.41, 5.74) is 1.41. The van der Waals surface area contributed by atoms with Crippen molar-refractivity contribution in [2.75, 3.05) is 10.6 Å². The molecule has 0 aliphatic rings. The summed E-state index contributed by atoms with van der Waals surface area (Å²) in [5, 5.41) is 26.3. The lowest BCUT2D eigenvalue weighted by Gasteiger charge is -2.20. The van der Waals surface area contributed by atoms with Crippen molar-refractivity contribution in [1.29, 1.82) is 5.26 Å². The first-order valence-electron chi connectivity index (χ1n) is 10.5. The predicted octanol–water partition coefficient (Wildman–Crippen LogP) is 5.77. The Hall–Kier alpha value is -4.76. The predicted molar refractivity (Wildman–Crippen MR) is 127 cm³/mol. The second-order valence-electron chi connectivity index (χ2n) is 7.78. The molecule has 0 unspecified atom stereocenters. The van der Waals surface area contributed by atoms with Crippen LogP contribution in [0, 0.1) is 34.7 Å². The molecule has 37 heavy (non-hydrogen) atoms. The monoisotopic (exact) mass is 524 g/mol. The molecular formula is C24H13ClF4N8. The molecule has 0 aliphatic heterocycles. The molecule has 8 nitrogen and oxygen atoms in total. The van der Waals surface area contributed by atoms with Crippen LogP contribution in [0.15, 0.2) is 55.0 Å². The number of aromatic amines is 1. The number of nitriles is 1. The van der Waals surface area contributed by atoms with Gasteiger partial charge in [-0.1, -0.05) is 22.9 Å². The SMILES string of the molecule is N#Cc1cnc2c(Cl)cc(N[C@H](c3c[nH]nn3)c3ccc(F)cc3F)cc2c1Nc1cnc(F)c(F)c1. The van der Waals surface area contributed by atoms with E-state index in [2.05, 4.69) is 36.0 Å². The maximum atomic E-state index is 14.7. The number of nitrogens with zero attached hydrogens (tertiary/aromatic N) is 5. The maximum absolute atomic E-state index is 14.7. The highest BCUT2D eigenvalue weighted by Crippen LogP contribution is 2.37. The summed E-state index contributed by atoms with van der Waals surface area (Å²) in [7, 11) is 0. The number of H-pyrrole nitrogens is 1. The first-order chi connectivity index (χ1) is 17.8. The minimum absolute atomic E-state index is 0.0752. The Morgan fingerprint density at radius 3 is 2.51 bits per heavy atom. The molecule has 0 saturated carbocycles. The fourth-order valence-corrected chi connectivity index (χ4v) is 4.03. The van der Waals surface area contributed by atoms with Gasteiger partial charge in [0, 0.05) is 41.2 Å². The summed E-state index contributed by atoms with van der Waals surface area (Å²) < 4.78 is 55.3. The number of rotatable bonds is 6. The second kappa shape index (κ2) is 9.71. The van der Waals surface area contributed by atoms with Crippen molar-refractivity contribution >= 4 is 39.6 Å². The van der Waals surface area contributed by atoms with Crippen LogP contribution in [0.3, 0.4) is 0 Å². The van der Waals surface area contributed by atoms with E-state index in [0.29, 0.717) is 22.3 Å². The number of benzene rings is 2. The van der Waals surface area contributed by atoms with Gasteiger partial charge in [-0.3, -0.25) is 10.1 Å². The van der Waals surface area contributed by atoms with Crippen LogP contribution in [0.4, 0.5) is 34.6 Å². The van der Waals surface area contributed by atoms with Gasteiger partial charge in [0.05, 0.1) is 33.7 Å². The zero-order chi connectivity index (χ0) is 26.1. The Morgan fingerprint density at radius 1 is 0.973 bits per heavy atom. The highest BCUT2D eigenvalue weighted by atomic mass is 35.5. The Kier molecular flexibility index (Phi) is 6.29. The molecular weight excluding hydrogens is 512 g/mol. The normalized spacial score (nSPS) is 11.8. The van der Waals surface area contributed by atoms with E-state index in [1.54, 1.807) is 6.07 Å². The number of anilines is 3. The quantitative estimate of drug-likeness (QED) is 0.191. The fourth-order valence-electron chi connectivity index (χ4n) is 3.76. The van der Waals surface area contributed by atoms with Crippen molar-refractivity contribution in [2.24, 2.45) is 0 Å². The lowest BCUT2D eigenvalue weighted by atomic mass is 10.0. The molecule has 0 amide bonds. The minimum atomic E-state index is -1.27. The number of pyridine rings is 2. The van der Waals surface area contributed by atoms with Crippen LogP contribution in [-0.4, -0.2) is 25.4 Å². The van der Waals surface area contributed by atoms with E-state index in [1.807, 2.05) is 6.07 Å². The van der Waals surface area contributed by atoms with E-state index in [9.17, 15) is 22.8 Å². The molecule has 2 aromatic carbocycles. The first kappa shape index (κ1) is 24.0. The highest BCUT2D eigenvalue weighted by Gasteiger charge is 2.22. The van der Waals surface area contributed by atoms with Crippen molar-refractivity contribution in [3.8, 4) is 6.07 Å². The van der Waals surface area contributed by atoms with Gasteiger partial charge in [-0.25, -0.2) is 18.2 Å². The summed E-state index contributed by atoms with van der Waals surface area (Å²) in [5.74, 6) is -4.01. The number of nitrogens with one attached hydrogen (secondary N) is 3. The molecule has 0 spiro atoms. The smallest absolute Gasteiger partial charge is 0.249 e. The van der Waals surface area contributed by atoms with Gasteiger partial charge in [-0.15, -0.1) is 5.10 Å². The zero-order valence-corrected chi connectivity index (χ0v) is 19.2. The van der Waals surface area contributed by atoms with Gasteiger partial charge in [-0.2, -0.15) is 9.65 Å². The van der Waals surface area contributed by atoms with E-state index in [0.717, 1.165) is 24.4 Å². The average molecular weight is 525 g/mol. The van der Waals surface area contributed by atoms with Gasteiger partial charge < -0.3 is 10.6 Å². The van der Waals surface area contributed by atoms with Crippen LogP contribution < -0.4 is 10.6 Å². The molecule has 0 bridgehead atoms. The standard InChI is InChI=1S/C24H13ClF4N8/c25-17-5-13(34-23(20-10-33-37-36-20)15-2-1-12(26)3-18(15)27)4-16-21(11(7-30)8-31-22(16)17)35-14-6-19(28)24(29)32-9-14/h1-6,8-10,23,34H,(H,31,35)(H,33,36,37)/t23-/m0/s1. The Balaban J connectivity index is 1.63. The van der Waals surface area contributed by atoms with Gasteiger partial charge in [0.15, 0.2) is 5.82 Å². The molecule has 0 fully saturated rings. The molecule has 0 radical (unpaired) electrons. The molecule has 3 aromatic heterocycles. The number of halogens is 5. The fraction of sp³-hybridized carbons (Fsp3) is 0.0417. The van der Waals surface area contributed by atoms with Crippen molar-refractivity contribution < 1.29 is 17.6 Å². The Bertz CT molecular complexity index is 1670. The highest BCUT2D eigenvalue weighted by molar-refractivity contribution is 6.36. The van der Waals surface area contributed by atoms with Gasteiger partial charge in [0.25, 0.3) is 0 Å². The summed E-state index contributed by atoms with van der Waals surface area (Å²) in [4.78, 5) is 7.58. The van der Waals surface area contributed by atoms with Gasteiger partial charge in [0.2, 0.25) is 5.95 Å². The number of hydrogen-bond donors (Lipinski definition) is 3. The topological polar surface area (TPSA) is 115 Å². The Labute approximate surface area is 210 Å². The summed E-state index contributed by atoms with van der Waals surface area (Å²) >= 11 is 6.49. The molecule has 0 aliphatic carbocycles. The van der Waals surface area contributed by atoms with Crippen LogP contribution in [-0.2, 0) is 0 Å². The molecule has 3 heterocycles. The number of aromatic nitrogens is 5. The van der Waals surface area contributed by atoms with Crippen LogP contribution in [0.25, 0.3) is 10.9 Å². The van der Waals surface area contributed by atoms with E-state index >= 15 is 0 Å². The van der Waals surface area contributed by atoms with Crippen molar-refractivity contribution in [3.05, 3.63) is 100 Å². The lowest BCUT2D eigenvalue weighted by Crippen LogP contribution is -2.15. The van der Waals surface area contributed by atoms with Gasteiger partial charge >= 0.3 is 0 Å². The van der Waals surface area contributed by atoms with E-state index in [4.69, 9.17) is 11.6 Å². The first-order valence-corrected chi connectivity index (χ1v) is 10.9. The molecule has 1 atom stereocenters. The number of fused-ring (bicyclic) bond motifs is 1. The van der Waals surface area contributed by atoms with E-state index in [1.165, 1.54) is 24.5 Å². The number of hydrogen-bond acceptors (Lipinski definition) is 7. The van der Waals surface area contributed by atoms with Crippen LogP contribution in [0.5, 0.6) is 0 Å². The van der Waals surface area contributed by atoms with Crippen LogP contribution in [0.2, 0.25) is 5.02 Å². The van der Waals surface area contributed by atoms with E-state index in [-0.39, 0.29) is 27.5 Å². The van der Waals surface area contributed by atoms with Gasteiger partial charge in [0.1, 0.15) is 29.4 Å². The summed E-state index contributed by atoms with van der Waals surface area (Å²) in [6, 6.07) is 8.21. The largest absolute Gasteiger partial charge is 0.373 e. The molecule has 5 aromatic rings. The van der Waals surface area contributed by atoms with Crippen LogP contribution >= 0.6 is 11.6 Å². The molecule has 0 saturated heterocycles. The van der Waals surface area contributed by atoms with E-state index < -0.39 is 29.4 Å². The molecule has 13 heteroatoms. The van der Waals surface area contributed by atoms with Crippen molar-refractivity contribution in [2.45, 2.75) is 6.04 Å². The molecule has 3 N–H and O–H groups in total. The van der Waals surface area contributed by atoms with Gasteiger partial charge in [-0.05, 0) is 18.2 Å². The zero-order valence-electron chi connectivity index (χ0n) is 18.4. The molecule has 5 rings (SSSR count). The third-order valence-electron chi connectivity index (χ3n) is 5.43. The summed E-state index contributed by atoms with van der Waals surface area (Å²) in [6.07, 6.45) is 3.79. The Morgan fingerprint density at radius 2 is 1.81 bits per heavy atom. The van der Waals surface area contributed by atoms with Crippen molar-refractivity contribution in [3.63, 3.8) is 0 Å². The third-order valence-corrected chi connectivity index (χ3v) is 5.71.